The number of aromatic hydroxyl groups is 1. The van der Waals surface area contributed by atoms with Gasteiger partial charge in [0.1, 0.15) is 5.75 Å². The number of piperazine rings is 1. The molecule has 0 aliphatic carbocycles. The summed E-state index contributed by atoms with van der Waals surface area (Å²) in [6, 6.07) is 12.5. The van der Waals surface area contributed by atoms with Crippen LogP contribution >= 0.6 is 0 Å². The van der Waals surface area contributed by atoms with Crippen LogP contribution in [0.5, 0.6) is 5.75 Å². The van der Waals surface area contributed by atoms with Crippen LogP contribution < -0.4 is 0 Å². The van der Waals surface area contributed by atoms with E-state index in [1.807, 2.05) is 17.9 Å². The van der Waals surface area contributed by atoms with Gasteiger partial charge in [-0.25, -0.2) is 0 Å². The molecule has 4 rings (SSSR count). The van der Waals surface area contributed by atoms with E-state index in [9.17, 15) is 9.90 Å². The van der Waals surface area contributed by atoms with Gasteiger partial charge in [-0.05, 0) is 61.9 Å². The summed E-state index contributed by atoms with van der Waals surface area (Å²) < 4.78 is 0. The van der Waals surface area contributed by atoms with E-state index in [1.165, 1.54) is 22.3 Å². The van der Waals surface area contributed by atoms with Crippen molar-refractivity contribution >= 4 is 11.6 Å². The van der Waals surface area contributed by atoms with Gasteiger partial charge in [0.05, 0.1) is 0 Å². The zero-order chi connectivity index (χ0) is 23.8. The Morgan fingerprint density at radius 3 is 2.42 bits per heavy atom. The highest BCUT2D eigenvalue weighted by Gasteiger charge is 2.33. The number of carbonyl (C=O) groups is 1. The third-order valence-corrected chi connectivity index (χ3v) is 7.54. The molecule has 176 valence electrons. The minimum absolute atomic E-state index is 0.0521. The molecule has 2 aromatic rings. The summed E-state index contributed by atoms with van der Waals surface area (Å²) in [6.07, 6.45) is 2.04. The molecule has 0 saturated carbocycles. The first-order chi connectivity index (χ1) is 15.7. The number of phenolic OH excluding ortho intramolecular Hbond substituents is 1. The summed E-state index contributed by atoms with van der Waals surface area (Å²) in [6.45, 7) is 17.8. The van der Waals surface area contributed by atoms with E-state index in [4.69, 9.17) is 0 Å². The summed E-state index contributed by atoms with van der Waals surface area (Å²) in [7, 11) is 0. The monoisotopic (exact) mass is 447 g/mol. The molecule has 2 aliphatic heterocycles. The van der Waals surface area contributed by atoms with Crippen molar-refractivity contribution in [1.29, 1.82) is 0 Å². The van der Waals surface area contributed by atoms with Crippen molar-refractivity contribution in [3.63, 3.8) is 0 Å². The lowest BCUT2D eigenvalue weighted by Gasteiger charge is -2.37. The van der Waals surface area contributed by atoms with Crippen molar-refractivity contribution < 1.29 is 9.90 Å². The fraction of sp³-hybridized carbons (Fsp3) is 0.464. The predicted molar refractivity (Wildman–Crippen MR) is 134 cm³/mol. The van der Waals surface area contributed by atoms with Crippen LogP contribution in [0, 0.1) is 6.92 Å². The lowest BCUT2D eigenvalue weighted by atomic mass is 9.93. The number of carbonyl (C=O) groups excluding carboxylic acids is 1. The van der Waals surface area contributed by atoms with E-state index in [2.05, 4.69) is 54.5 Å². The van der Waals surface area contributed by atoms with Crippen LogP contribution in [0.15, 0.2) is 43.0 Å². The molecule has 0 atom stereocenters. The van der Waals surface area contributed by atoms with Gasteiger partial charge in [-0.15, -0.1) is 0 Å². The molecule has 1 saturated heterocycles. The summed E-state index contributed by atoms with van der Waals surface area (Å²) in [5.41, 5.74) is 7.37. The molecule has 0 aromatic heterocycles. The molecule has 5 heteroatoms. The second-order valence-electron chi connectivity index (χ2n) is 10.2. The molecule has 0 spiro atoms. The van der Waals surface area contributed by atoms with Crippen LogP contribution in [0.4, 0.5) is 0 Å². The van der Waals surface area contributed by atoms with Gasteiger partial charge in [-0.3, -0.25) is 9.69 Å². The molecule has 5 nitrogen and oxygen atoms in total. The highest BCUT2D eigenvalue weighted by atomic mass is 16.3. The SMILES string of the molecule is C=C(c1cccc2c1CN(C(C)(C)CCc1ccc(O)c(C)c1)C2)N1CCN(C(C)=O)CC1. The summed E-state index contributed by atoms with van der Waals surface area (Å²) >= 11 is 0. The van der Waals surface area contributed by atoms with Gasteiger partial charge in [0, 0.05) is 63.0 Å². The topological polar surface area (TPSA) is 47.0 Å². The van der Waals surface area contributed by atoms with Crippen molar-refractivity contribution in [3.8, 4) is 5.75 Å². The first kappa shape index (κ1) is 23.4. The van der Waals surface area contributed by atoms with E-state index in [-0.39, 0.29) is 11.4 Å². The smallest absolute Gasteiger partial charge is 0.219 e. The van der Waals surface area contributed by atoms with E-state index in [1.54, 1.807) is 13.0 Å². The highest BCUT2D eigenvalue weighted by Crippen LogP contribution is 2.36. The first-order valence-corrected chi connectivity index (χ1v) is 12.0. The first-order valence-electron chi connectivity index (χ1n) is 12.0. The number of hydrogen-bond acceptors (Lipinski definition) is 4. The lowest BCUT2D eigenvalue weighted by molar-refractivity contribution is -0.130. The molecule has 33 heavy (non-hydrogen) atoms. The fourth-order valence-electron chi connectivity index (χ4n) is 5.06. The summed E-state index contributed by atoms with van der Waals surface area (Å²) in [4.78, 5) is 18.5. The number of rotatable bonds is 6. The van der Waals surface area contributed by atoms with Gasteiger partial charge in [0.2, 0.25) is 5.91 Å². The van der Waals surface area contributed by atoms with Crippen molar-refractivity contribution in [1.82, 2.24) is 14.7 Å². The number of nitrogens with zero attached hydrogens (tertiary/aromatic N) is 3. The minimum Gasteiger partial charge on any atom is -0.508 e. The van der Waals surface area contributed by atoms with Crippen molar-refractivity contribution in [2.24, 2.45) is 0 Å². The predicted octanol–water partition coefficient (Wildman–Crippen LogP) is 4.56. The van der Waals surface area contributed by atoms with Crippen molar-refractivity contribution in [2.45, 2.75) is 59.2 Å². The molecule has 2 aliphatic rings. The fourth-order valence-corrected chi connectivity index (χ4v) is 5.06. The van der Waals surface area contributed by atoms with Crippen LogP contribution in [0.3, 0.4) is 0 Å². The van der Waals surface area contributed by atoms with Gasteiger partial charge in [0.25, 0.3) is 0 Å². The standard InChI is InChI=1S/C28H37N3O2/c1-20-17-23(9-10-27(20)33)11-12-28(4,5)31-18-24-7-6-8-25(26(24)19-31)21(2)29-13-15-30(16-14-29)22(3)32/h6-10,17,33H,2,11-16,18-19H2,1,3-5H3. The molecule has 2 aromatic carbocycles. The normalized spacial score (nSPS) is 16.7. The third-order valence-electron chi connectivity index (χ3n) is 7.54. The maximum Gasteiger partial charge on any atom is 0.219 e. The van der Waals surface area contributed by atoms with E-state index < -0.39 is 0 Å². The van der Waals surface area contributed by atoms with Gasteiger partial charge in [0.15, 0.2) is 0 Å². The Hall–Kier alpha value is -2.79. The highest BCUT2D eigenvalue weighted by molar-refractivity contribution is 5.73. The number of phenols is 1. The Morgan fingerprint density at radius 1 is 1.06 bits per heavy atom. The molecular formula is C28H37N3O2. The van der Waals surface area contributed by atoms with Crippen molar-refractivity contribution in [2.75, 3.05) is 26.2 Å². The Bertz CT molecular complexity index is 1050. The number of benzene rings is 2. The lowest BCUT2D eigenvalue weighted by Crippen LogP contribution is -2.47. The average Bonchev–Trinajstić information content (AvgIpc) is 3.25. The average molecular weight is 448 g/mol. The molecular weight excluding hydrogens is 410 g/mol. The zero-order valence-electron chi connectivity index (χ0n) is 20.5. The summed E-state index contributed by atoms with van der Waals surface area (Å²) in [5, 5.41) is 9.81. The Balaban J connectivity index is 1.43. The van der Waals surface area contributed by atoms with E-state index in [0.717, 1.165) is 63.4 Å². The van der Waals surface area contributed by atoms with Gasteiger partial charge in [-0.2, -0.15) is 0 Å². The number of amides is 1. The molecule has 1 N–H and O–H groups in total. The van der Waals surface area contributed by atoms with Crippen LogP contribution in [0.25, 0.3) is 5.70 Å². The van der Waals surface area contributed by atoms with Crippen LogP contribution in [0.1, 0.15) is 55.0 Å². The van der Waals surface area contributed by atoms with Crippen LogP contribution in [-0.2, 0) is 24.3 Å². The largest absolute Gasteiger partial charge is 0.508 e. The Labute approximate surface area is 198 Å². The van der Waals surface area contributed by atoms with Crippen LogP contribution in [-0.4, -0.2) is 57.4 Å². The molecule has 0 radical (unpaired) electrons. The van der Waals surface area contributed by atoms with Crippen LogP contribution in [0.2, 0.25) is 0 Å². The Morgan fingerprint density at radius 2 is 1.76 bits per heavy atom. The quantitative estimate of drug-likeness (QED) is 0.705. The van der Waals surface area contributed by atoms with Gasteiger partial charge in [-0.1, -0.05) is 36.9 Å². The molecule has 2 heterocycles. The van der Waals surface area contributed by atoms with Gasteiger partial charge >= 0.3 is 0 Å². The van der Waals surface area contributed by atoms with Gasteiger partial charge < -0.3 is 14.9 Å². The number of aryl methyl sites for hydroxylation is 2. The van der Waals surface area contributed by atoms with Crippen molar-refractivity contribution in [3.05, 3.63) is 70.8 Å². The zero-order valence-corrected chi connectivity index (χ0v) is 20.5. The second kappa shape index (κ2) is 9.22. The van der Waals surface area contributed by atoms with E-state index in [0.29, 0.717) is 5.75 Å². The second-order valence-corrected chi connectivity index (χ2v) is 10.2. The maximum atomic E-state index is 11.7. The number of hydrogen-bond donors (Lipinski definition) is 1. The third kappa shape index (κ3) is 4.93. The van der Waals surface area contributed by atoms with E-state index >= 15 is 0 Å². The molecule has 0 unspecified atom stereocenters. The maximum absolute atomic E-state index is 11.7. The minimum atomic E-state index is 0.0521. The molecule has 1 fully saturated rings. The Kier molecular flexibility index (Phi) is 6.53. The number of fused-ring (bicyclic) bond motifs is 1. The summed E-state index contributed by atoms with van der Waals surface area (Å²) in [5.74, 6) is 0.518. The molecule has 1 amide bonds. The molecule has 0 bridgehead atoms.